The van der Waals surface area contributed by atoms with E-state index in [0.29, 0.717) is 29.9 Å². The predicted octanol–water partition coefficient (Wildman–Crippen LogP) is 6.93. The lowest BCUT2D eigenvalue weighted by Crippen LogP contribution is -2.28. The highest BCUT2D eigenvalue weighted by molar-refractivity contribution is 5.67. The number of fused-ring (bicyclic) bond motifs is 3. The van der Waals surface area contributed by atoms with E-state index >= 15 is 4.39 Å². The fraction of sp³-hybridized carbons (Fsp3) is 0.391. The molecule has 1 saturated carbocycles. The molecule has 0 radical (unpaired) electrons. The van der Waals surface area contributed by atoms with Crippen molar-refractivity contribution in [2.24, 2.45) is 11.8 Å². The highest BCUT2D eigenvalue weighted by Gasteiger charge is 2.37. The maximum atomic E-state index is 15.2. The van der Waals surface area contributed by atoms with Crippen LogP contribution < -0.4 is 0 Å². The second-order valence-corrected chi connectivity index (χ2v) is 7.78. The van der Waals surface area contributed by atoms with Crippen LogP contribution in [0.2, 0.25) is 0 Å². The fourth-order valence-corrected chi connectivity index (χ4v) is 5.03. The molecule has 3 atom stereocenters. The van der Waals surface area contributed by atoms with Gasteiger partial charge in [-0.1, -0.05) is 12.2 Å². The van der Waals surface area contributed by atoms with Crippen molar-refractivity contribution >= 4 is 0 Å². The van der Waals surface area contributed by atoms with E-state index in [4.69, 9.17) is 0 Å². The Morgan fingerprint density at radius 2 is 1.67 bits per heavy atom. The summed E-state index contributed by atoms with van der Waals surface area (Å²) in [7, 11) is 0. The average Bonchev–Trinajstić information content (AvgIpc) is 2.61. The largest absolute Gasteiger partial charge is 0.207 e. The maximum absolute atomic E-state index is 15.2. The molecule has 2 aromatic rings. The lowest BCUT2D eigenvalue weighted by molar-refractivity contribution is 0.234. The van der Waals surface area contributed by atoms with Gasteiger partial charge in [-0.15, -0.1) is 0 Å². The van der Waals surface area contributed by atoms with E-state index in [1.54, 1.807) is 0 Å². The molecule has 0 amide bonds. The van der Waals surface area contributed by atoms with Crippen LogP contribution in [0.5, 0.6) is 0 Å². The minimum absolute atomic E-state index is 0.0933. The zero-order chi connectivity index (χ0) is 19.1. The number of hydrogen-bond acceptors (Lipinski definition) is 0. The molecule has 0 saturated heterocycles. The van der Waals surface area contributed by atoms with Crippen molar-refractivity contribution < 1.29 is 17.6 Å². The first-order valence-corrected chi connectivity index (χ1v) is 9.58. The topological polar surface area (TPSA) is 0 Å². The van der Waals surface area contributed by atoms with Gasteiger partial charge in [0.15, 0.2) is 0 Å². The molecule has 3 unspecified atom stereocenters. The summed E-state index contributed by atoms with van der Waals surface area (Å²) < 4.78 is 57.2. The van der Waals surface area contributed by atoms with Crippen molar-refractivity contribution in [2.45, 2.75) is 44.9 Å². The molecule has 4 rings (SSSR count). The second kappa shape index (κ2) is 7.14. The van der Waals surface area contributed by atoms with Gasteiger partial charge in [-0.05, 0) is 91.7 Å². The number of halogens is 4. The van der Waals surface area contributed by atoms with Crippen LogP contribution in [0.3, 0.4) is 0 Å². The number of allylic oxidation sites excluding steroid dienone is 2. The summed E-state index contributed by atoms with van der Waals surface area (Å²) >= 11 is 0. The molecule has 2 aromatic carbocycles. The van der Waals surface area contributed by atoms with Crippen molar-refractivity contribution in [3.8, 4) is 11.1 Å². The first-order chi connectivity index (χ1) is 13.0. The van der Waals surface area contributed by atoms with Gasteiger partial charge in [0.1, 0.15) is 23.3 Å². The van der Waals surface area contributed by atoms with E-state index in [2.05, 4.69) is 12.2 Å². The van der Waals surface area contributed by atoms with Gasteiger partial charge in [-0.2, -0.15) is 0 Å². The Morgan fingerprint density at radius 3 is 2.37 bits per heavy atom. The molecule has 0 N–H and O–H groups in total. The van der Waals surface area contributed by atoms with Crippen molar-refractivity contribution in [3.63, 3.8) is 0 Å². The molecule has 142 valence electrons. The van der Waals surface area contributed by atoms with Gasteiger partial charge in [0.05, 0.1) is 5.56 Å². The summed E-state index contributed by atoms with van der Waals surface area (Å²) in [5.41, 5.74) is 0.847. The minimum atomic E-state index is -0.844. The lowest BCUT2D eigenvalue weighted by Gasteiger charge is -2.40. The molecule has 2 aliphatic carbocycles. The van der Waals surface area contributed by atoms with E-state index in [1.807, 2.05) is 6.92 Å². The monoisotopic (exact) mass is 374 g/mol. The maximum Gasteiger partial charge on any atom is 0.137 e. The summed E-state index contributed by atoms with van der Waals surface area (Å²) in [6.45, 7) is 2.02. The molecular weight excluding hydrogens is 352 g/mol. The van der Waals surface area contributed by atoms with Crippen LogP contribution >= 0.6 is 0 Å². The van der Waals surface area contributed by atoms with Crippen LogP contribution in [0, 0.1) is 35.1 Å². The van der Waals surface area contributed by atoms with Gasteiger partial charge in [0.25, 0.3) is 0 Å². The zero-order valence-corrected chi connectivity index (χ0v) is 15.2. The minimum Gasteiger partial charge on any atom is -0.207 e. The summed E-state index contributed by atoms with van der Waals surface area (Å²) in [6, 6.07) is 4.06. The second-order valence-electron chi connectivity index (χ2n) is 7.78. The first-order valence-electron chi connectivity index (χ1n) is 9.58. The first kappa shape index (κ1) is 18.3. The van der Waals surface area contributed by atoms with Gasteiger partial charge in [-0.3, -0.25) is 0 Å². The zero-order valence-electron chi connectivity index (χ0n) is 15.2. The van der Waals surface area contributed by atoms with Crippen molar-refractivity contribution in [3.05, 3.63) is 70.8 Å². The van der Waals surface area contributed by atoms with Crippen LogP contribution in [-0.2, 0) is 6.42 Å². The highest BCUT2D eigenvalue weighted by Crippen LogP contribution is 2.49. The quantitative estimate of drug-likeness (QED) is 0.395. The molecule has 0 bridgehead atoms. The van der Waals surface area contributed by atoms with Crippen LogP contribution in [0.4, 0.5) is 17.6 Å². The van der Waals surface area contributed by atoms with E-state index < -0.39 is 23.3 Å². The molecular formula is C23H22F4. The molecule has 27 heavy (non-hydrogen) atoms. The molecule has 1 fully saturated rings. The van der Waals surface area contributed by atoms with Gasteiger partial charge >= 0.3 is 0 Å². The molecule has 2 aliphatic rings. The molecule has 0 heterocycles. The number of hydrogen-bond donors (Lipinski definition) is 0. The van der Waals surface area contributed by atoms with Gasteiger partial charge in [-0.25, -0.2) is 17.6 Å². The van der Waals surface area contributed by atoms with Crippen LogP contribution in [0.25, 0.3) is 11.1 Å². The molecule has 0 aromatic heterocycles. The summed E-state index contributed by atoms with van der Waals surface area (Å²) in [5.74, 6) is -1.95. The van der Waals surface area contributed by atoms with Crippen molar-refractivity contribution in [1.29, 1.82) is 0 Å². The summed E-state index contributed by atoms with van der Waals surface area (Å²) in [5, 5.41) is 0. The average molecular weight is 374 g/mol. The van der Waals surface area contributed by atoms with Gasteiger partial charge < -0.3 is 0 Å². The molecule has 0 spiro atoms. The SMILES string of the molecule is CC=CC1CCC2c3cc(F)c(-c4cc(F)cc(F)c4)c(F)c3CCC2C1. The summed E-state index contributed by atoms with van der Waals surface area (Å²) in [4.78, 5) is 0. The van der Waals surface area contributed by atoms with E-state index in [-0.39, 0.29) is 17.0 Å². The van der Waals surface area contributed by atoms with Gasteiger partial charge in [0, 0.05) is 6.07 Å². The summed E-state index contributed by atoms with van der Waals surface area (Å²) in [6.07, 6.45) is 8.69. The third kappa shape index (κ3) is 3.30. The Kier molecular flexibility index (Phi) is 4.83. The highest BCUT2D eigenvalue weighted by atomic mass is 19.1. The van der Waals surface area contributed by atoms with Crippen LogP contribution in [-0.4, -0.2) is 0 Å². The third-order valence-corrected chi connectivity index (χ3v) is 6.16. The van der Waals surface area contributed by atoms with E-state index in [0.717, 1.165) is 43.4 Å². The van der Waals surface area contributed by atoms with Crippen LogP contribution in [0.15, 0.2) is 36.4 Å². The smallest absolute Gasteiger partial charge is 0.137 e. The number of rotatable bonds is 2. The van der Waals surface area contributed by atoms with Crippen molar-refractivity contribution in [2.75, 3.05) is 0 Å². The van der Waals surface area contributed by atoms with Gasteiger partial charge in [0.2, 0.25) is 0 Å². The molecule has 4 heteroatoms. The predicted molar refractivity (Wildman–Crippen MR) is 98.4 cm³/mol. The lowest BCUT2D eigenvalue weighted by atomic mass is 9.65. The Bertz CT molecular complexity index is 879. The number of benzene rings is 2. The Morgan fingerprint density at radius 1 is 0.926 bits per heavy atom. The Hall–Kier alpha value is -2.10. The molecule has 0 nitrogen and oxygen atoms in total. The van der Waals surface area contributed by atoms with Crippen molar-refractivity contribution in [1.82, 2.24) is 0 Å². The van der Waals surface area contributed by atoms with Crippen LogP contribution in [0.1, 0.15) is 49.7 Å². The Labute approximate surface area is 156 Å². The normalized spacial score (nSPS) is 24.7. The van der Waals surface area contributed by atoms with E-state index in [9.17, 15) is 13.2 Å². The third-order valence-electron chi connectivity index (χ3n) is 6.16. The van der Waals surface area contributed by atoms with E-state index in [1.165, 1.54) is 6.07 Å². The Balaban J connectivity index is 1.75. The molecule has 0 aliphatic heterocycles. The fourth-order valence-electron chi connectivity index (χ4n) is 5.03. The standard InChI is InChI=1S/C23H22F4/c1-2-3-13-4-6-18-14(8-13)5-7-19-20(18)12-21(26)22(23(19)27)15-9-16(24)11-17(25)10-15/h2-3,9-14,18H,4-8H2,1H3.